The van der Waals surface area contributed by atoms with Crippen molar-refractivity contribution in [3.05, 3.63) is 0 Å². The maximum Gasteiger partial charge on any atom is 0.220 e. The van der Waals surface area contributed by atoms with Gasteiger partial charge in [0, 0.05) is 62.4 Å². The van der Waals surface area contributed by atoms with Gasteiger partial charge in [0.2, 0.25) is 11.8 Å². The quantitative estimate of drug-likeness (QED) is 0.173. The summed E-state index contributed by atoms with van der Waals surface area (Å²) >= 11 is 0. The Balaban J connectivity index is 5.52. The number of amides is 2. The normalized spacial score (nSPS) is 11.5. The minimum atomic E-state index is -0.885. The highest BCUT2D eigenvalue weighted by atomic mass is 16.2. The first-order valence-corrected chi connectivity index (χ1v) is 14.6. The number of ketones is 6. The standard InChI is InChI=1S/C31H50N2O8/c1-22(34)10-16-30(17-11-23(2)35,18-12-24(3)36)32-28(40)8-7-9-29(41)33-31(19-13-25(4)37,20-14-26(5)38)21-15-27(6)39/h7-21H2,1-6H3,(H,32,40)(H,33,41). The smallest absolute Gasteiger partial charge is 0.220 e. The van der Waals surface area contributed by atoms with Gasteiger partial charge in [-0.1, -0.05) is 0 Å². The van der Waals surface area contributed by atoms with Crippen LogP contribution in [0, 0.1) is 0 Å². The minimum Gasteiger partial charge on any atom is -0.351 e. The summed E-state index contributed by atoms with van der Waals surface area (Å²) in [4.78, 5) is 96.3. The molecule has 232 valence electrons. The van der Waals surface area contributed by atoms with Crippen molar-refractivity contribution in [1.29, 1.82) is 0 Å². The van der Waals surface area contributed by atoms with Crippen molar-refractivity contribution < 1.29 is 38.4 Å². The van der Waals surface area contributed by atoms with E-state index in [1.165, 1.54) is 41.5 Å². The van der Waals surface area contributed by atoms with Gasteiger partial charge in [-0.25, -0.2) is 0 Å². The van der Waals surface area contributed by atoms with Crippen molar-refractivity contribution in [3.63, 3.8) is 0 Å². The van der Waals surface area contributed by atoms with Gasteiger partial charge in [-0.2, -0.15) is 0 Å². The molecule has 2 N–H and O–H groups in total. The largest absolute Gasteiger partial charge is 0.351 e. The molecule has 41 heavy (non-hydrogen) atoms. The second kappa shape index (κ2) is 19.1. The molecule has 0 aliphatic rings. The van der Waals surface area contributed by atoms with Gasteiger partial charge in [0.05, 0.1) is 0 Å². The van der Waals surface area contributed by atoms with Crippen molar-refractivity contribution >= 4 is 46.5 Å². The van der Waals surface area contributed by atoms with Crippen LogP contribution in [0.4, 0.5) is 0 Å². The van der Waals surface area contributed by atoms with E-state index in [9.17, 15) is 38.4 Å². The van der Waals surface area contributed by atoms with Crippen molar-refractivity contribution in [3.8, 4) is 0 Å². The molecular formula is C31H50N2O8. The van der Waals surface area contributed by atoms with Crippen LogP contribution in [-0.2, 0) is 38.4 Å². The van der Waals surface area contributed by atoms with Crippen molar-refractivity contribution in [2.75, 3.05) is 0 Å². The Kier molecular flexibility index (Phi) is 17.7. The zero-order chi connectivity index (χ0) is 31.6. The Morgan fingerprint density at radius 2 is 0.561 bits per heavy atom. The van der Waals surface area contributed by atoms with E-state index in [1.807, 2.05) is 0 Å². The molecule has 0 aliphatic carbocycles. The topological polar surface area (TPSA) is 161 Å². The highest BCUT2D eigenvalue weighted by molar-refractivity contribution is 5.82. The molecule has 0 atom stereocenters. The van der Waals surface area contributed by atoms with Gasteiger partial charge in [0.15, 0.2) is 0 Å². The summed E-state index contributed by atoms with van der Waals surface area (Å²) in [5.41, 5.74) is -1.77. The summed E-state index contributed by atoms with van der Waals surface area (Å²) in [5.74, 6) is -1.05. The van der Waals surface area contributed by atoms with E-state index < -0.39 is 11.1 Å². The number of carbonyl (C=O) groups excluding carboxylic acids is 8. The van der Waals surface area contributed by atoms with Crippen LogP contribution in [0.2, 0.25) is 0 Å². The molecule has 0 spiro atoms. The minimum absolute atomic E-state index is 0.0106. The second-order valence-corrected chi connectivity index (χ2v) is 11.7. The third-order valence-electron chi connectivity index (χ3n) is 7.35. The first-order chi connectivity index (χ1) is 19.0. The van der Waals surface area contributed by atoms with Gasteiger partial charge in [-0.3, -0.25) is 9.59 Å². The highest BCUT2D eigenvalue weighted by Gasteiger charge is 2.34. The van der Waals surface area contributed by atoms with Crippen LogP contribution >= 0.6 is 0 Å². The van der Waals surface area contributed by atoms with Crippen LogP contribution in [0.5, 0.6) is 0 Å². The van der Waals surface area contributed by atoms with E-state index in [4.69, 9.17) is 0 Å². The zero-order valence-corrected chi connectivity index (χ0v) is 25.9. The fourth-order valence-corrected chi connectivity index (χ4v) is 4.74. The molecule has 0 heterocycles. The van der Waals surface area contributed by atoms with E-state index in [1.54, 1.807) is 0 Å². The summed E-state index contributed by atoms with van der Waals surface area (Å²) in [6, 6.07) is 0. The van der Waals surface area contributed by atoms with Crippen molar-refractivity contribution in [1.82, 2.24) is 10.6 Å². The summed E-state index contributed by atoms with van der Waals surface area (Å²) in [5, 5.41) is 5.95. The molecular weight excluding hydrogens is 528 g/mol. The van der Waals surface area contributed by atoms with Crippen LogP contribution in [-0.4, -0.2) is 57.6 Å². The molecule has 10 heteroatoms. The number of Topliss-reactive ketones (excluding diaryl/α,β-unsaturated/α-hetero) is 6. The van der Waals surface area contributed by atoms with Crippen LogP contribution in [0.1, 0.15) is 138 Å². The molecule has 0 rings (SSSR count). The average molecular weight is 579 g/mol. The van der Waals surface area contributed by atoms with Gasteiger partial charge in [0.25, 0.3) is 0 Å². The molecule has 2 amide bonds. The molecule has 0 aromatic heterocycles. The van der Waals surface area contributed by atoms with Crippen LogP contribution in [0.3, 0.4) is 0 Å². The van der Waals surface area contributed by atoms with Crippen LogP contribution < -0.4 is 10.6 Å². The number of rotatable bonds is 24. The second-order valence-electron chi connectivity index (χ2n) is 11.7. The van der Waals surface area contributed by atoms with E-state index in [0.717, 1.165) is 0 Å². The third kappa shape index (κ3) is 18.8. The lowest BCUT2D eigenvalue weighted by Gasteiger charge is -2.35. The Morgan fingerprint density at radius 1 is 0.366 bits per heavy atom. The highest BCUT2D eigenvalue weighted by Crippen LogP contribution is 2.28. The van der Waals surface area contributed by atoms with E-state index in [2.05, 4.69) is 10.6 Å². The Hall–Kier alpha value is -3.04. The molecule has 0 radical (unpaired) electrons. The lowest BCUT2D eigenvalue weighted by Crippen LogP contribution is -2.50. The van der Waals surface area contributed by atoms with E-state index >= 15 is 0 Å². The van der Waals surface area contributed by atoms with Crippen molar-refractivity contribution in [2.24, 2.45) is 0 Å². The summed E-state index contributed by atoms with van der Waals surface area (Å²) in [7, 11) is 0. The Labute approximate surface area is 244 Å². The van der Waals surface area contributed by atoms with Gasteiger partial charge >= 0.3 is 0 Å². The summed E-state index contributed by atoms with van der Waals surface area (Å²) < 4.78 is 0. The zero-order valence-electron chi connectivity index (χ0n) is 25.9. The average Bonchev–Trinajstić information content (AvgIpc) is 2.85. The third-order valence-corrected chi connectivity index (χ3v) is 7.35. The first-order valence-electron chi connectivity index (χ1n) is 14.6. The predicted molar refractivity (Wildman–Crippen MR) is 155 cm³/mol. The van der Waals surface area contributed by atoms with Crippen LogP contribution in [0.15, 0.2) is 0 Å². The summed E-state index contributed by atoms with van der Waals surface area (Å²) in [6.45, 7) is 8.69. The molecule has 0 aliphatic heterocycles. The molecule has 0 saturated heterocycles. The molecule has 0 aromatic carbocycles. The van der Waals surface area contributed by atoms with Crippen molar-refractivity contribution in [2.45, 2.75) is 149 Å². The lowest BCUT2D eigenvalue weighted by molar-refractivity contribution is -0.127. The number of nitrogens with one attached hydrogen (secondary N) is 2. The monoisotopic (exact) mass is 578 g/mol. The lowest BCUT2D eigenvalue weighted by atomic mass is 9.81. The maximum absolute atomic E-state index is 13.0. The van der Waals surface area contributed by atoms with E-state index in [-0.39, 0.29) is 104 Å². The molecule has 10 nitrogen and oxygen atoms in total. The molecule has 0 unspecified atom stereocenters. The van der Waals surface area contributed by atoms with Gasteiger partial charge < -0.3 is 39.4 Å². The fraction of sp³-hybridized carbons (Fsp3) is 0.742. The SMILES string of the molecule is CC(=O)CCC(CCC(C)=O)(CCC(C)=O)NC(=O)CCCC(=O)NC(CCC(C)=O)(CCC(C)=O)CCC(C)=O. The van der Waals surface area contributed by atoms with E-state index in [0.29, 0.717) is 38.5 Å². The summed E-state index contributed by atoms with van der Waals surface area (Å²) in [6.07, 6.45) is 3.24. The molecule has 0 fully saturated rings. The van der Waals surface area contributed by atoms with Gasteiger partial charge in [-0.05, 0) is 86.5 Å². The van der Waals surface area contributed by atoms with Gasteiger partial charge in [-0.15, -0.1) is 0 Å². The van der Waals surface area contributed by atoms with Crippen LogP contribution in [0.25, 0.3) is 0 Å². The maximum atomic E-state index is 13.0. The molecule has 0 saturated carbocycles. The van der Waals surface area contributed by atoms with Gasteiger partial charge in [0.1, 0.15) is 34.7 Å². The number of carbonyl (C=O) groups is 8. The first kappa shape index (κ1) is 38.0. The molecule has 0 aromatic rings. The Bertz CT molecular complexity index is 802. The number of hydrogen-bond donors (Lipinski definition) is 2. The Morgan fingerprint density at radius 3 is 0.732 bits per heavy atom. The predicted octanol–water partition coefficient (Wildman–Crippen LogP) is 4.08. The fourth-order valence-electron chi connectivity index (χ4n) is 4.74. The number of hydrogen-bond acceptors (Lipinski definition) is 8. The molecule has 0 bridgehead atoms.